The Kier molecular flexibility index (Phi) is 4.98. The van der Waals surface area contributed by atoms with Gasteiger partial charge in [-0.15, -0.1) is 0 Å². The topological polar surface area (TPSA) is 24.5 Å². The third-order valence-electron chi connectivity index (χ3n) is 3.17. The van der Waals surface area contributed by atoms with Crippen molar-refractivity contribution in [1.82, 2.24) is 10.2 Å². The maximum atomic E-state index is 5.37. The molecule has 1 heterocycles. The van der Waals surface area contributed by atoms with Crippen LogP contribution in [0.3, 0.4) is 0 Å². The molecule has 0 aromatic heterocycles. The Bertz CT molecular complexity index is 336. The molecule has 1 aromatic carbocycles. The van der Waals surface area contributed by atoms with Crippen molar-refractivity contribution in [2.45, 2.75) is 6.04 Å². The van der Waals surface area contributed by atoms with E-state index in [2.05, 4.69) is 50.4 Å². The number of halogens is 1. The van der Waals surface area contributed by atoms with Gasteiger partial charge in [-0.3, -0.25) is 4.90 Å². The molecule has 1 saturated heterocycles. The highest BCUT2D eigenvalue weighted by Gasteiger charge is 2.16. The van der Waals surface area contributed by atoms with Crippen LogP contribution in [-0.2, 0) is 4.74 Å². The second-order valence-electron chi connectivity index (χ2n) is 4.31. The Hall–Kier alpha value is -0.420. The molecule has 1 aliphatic heterocycles. The summed E-state index contributed by atoms with van der Waals surface area (Å²) in [5, 5.41) is 3.39. The highest BCUT2D eigenvalue weighted by atomic mass is 79.9. The molecule has 1 unspecified atom stereocenters. The molecular formula is C13H19BrN2O. The molecule has 0 aliphatic carbocycles. The Morgan fingerprint density at radius 3 is 2.53 bits per heavy atom. The van der Waals surface area contributed by atoms with Crippen LogP contribution >= 0.6 is 15.9 Å². The molecular weight excluding hydrogens is 280 g/mol. The molecule has 0 spiro atoms. The molecule has 0 amide bonds. The van der Waals surface area contributed by atoms with Crippen LogP contribution in [-0.4, -0.2) is 44.8 Å². The zero-order valence-corrected chi connectivity index (χ0v) is 11.7. The summed E-state index contributed by atoms with van der Waals surface area (Å²) in [6, 6.07) is 8.93. The molecule has 94 valence electrons. The zero-order chi connectivity index (χ0) is 12.1. The van der Waals surface area contributed by atoms with Gasteiger partial charge in [-0.2, -0.15) is 0 Å². The van der Waals surface area contributed by atoms with Crippen molar-refractivity contribution >= 4 is 15.9 Å². The van der Waals surface area contributed by atoms with Crippen molar-refractivity contribution in [2.24, 2.45) is 0 Å². The average Bonchev–Trinajstić information content (AvgIpc) is 2.38. The quantitative estimate of drug-likeness (QED) is 0.921. The van der Waals surface area contributed by atoms with Crippen molar-refractivity contribution in [3.8, 4) is 0 Å². The van der Waals surface area contributed by atoms with Crippen LogP contribution in [0.2, 0.25) is 0 Å². The predicted molar refractivity (Wildman–Crippen MR) is 73.2 cm³/mol. The van der Waals surface area contributed by atoms with Crippen molar-refractivity contribution < 1.29 is 4.74 Å². The standard InChI is InChI=1S/C13H19BrN2O/c1-15-13(10-16-6-8-17-9-7-16)11-2-4-12(14)5-3-11/h2-5,13,15H,6-10H2,1H3. The SMILES string of the molecule is CNC(CN1CCOCC1)c1ccc(Br)cc1. The van der Waals surface area contributed by atoms with E-state index in [9.17, 15) is 0 Å². The minimum Gasteiger partial charge on any atom is -0.379 e. The molecule has 1 fully saturated rings. The van der Waals surface area contributed by atoms with Crippen molar-refractivity contribution in [3.63, 3.8) is 0 Å². The number of nitrogens with one attached hydrogen (secondary N) is 1. The molecule has 17 heavy (non-hydrogen) atoms. The van der Waals surface area contributed by atoms with Crippen LogP contribution in [0.5, 0.6) is 0 Å². The van der Waals surface area contributed by atoms with Gasteiger partial charge in [-0.1, -0.05) is 28.1 Å². The summed E-state index contributed by atoms with van der Waals surface area (Å²) in [6.07, 6.45) is 0. The van der Waals surface area contributed by atoms with Crippen molar-refractivity contribution in [3.05, 3.63) is 34.3 Å². The van der Waals surface area contributed by atoms with Gasteiger partial charge in [0.25, 0.3) is 0 Å². The second kappa shape index (κ2) is 6.50. The van der Waals surface area contributed by atoms with Crippen LogP contribution in [0.15, 0.2) is 28.7 Å². The Balaban J connectivity index is 1.97. The van der Waals surface area contributed by atoms with E-state index in [0.717, 1.165) is 37.3 Å². The largest absolute Gasteiger partial charge is 0.379 e. The van der Waals surface area contributed by atoms with Gasteiger partial charge in [0.2, 0.25) is 0 Å². The van der Waals surface area contributed by atoms with Gasteiger partial charge in [0.15, 0.2) is 0 Å². The van der Waals surface area contributed by atoms with Crippen molar-refractivity contribution in [1.29, 1.82) is 0 Å². The van der Waals surface area contributed by atoms with E-state index in [-0.39, 0.29) is 0 Å². The molecule has 0 saturated carbocycles. The third-order valence-corrected chi connectivity index (χ3v) is 3.69. The summed E-state index contributed by atoms with van der Waals surface area (Å²) in [5.41, 5.74) is 1.34. The summed E-state index contributed by atoms with van der Waals surface area (Å²) in [6.45, 7) is 4.83. The first-order chi connectivity index (χ1) is 8.29. The predicted octanol–water partition coefficient (Wildman–Crippen LogP) is 2.04. The Morgan fingerprint density at radius 1 is 1.29 bits per heavy atom. The molecule has 2 rings (SSSR count). The van der Waals surface area contributed by atoms with Gasteiger partial charge in [-0.05, 0) is 24.7 Å². The minimum absolute atomic E-state index is 0.390. The fourth-order valence-electron chi connectivity index (χ4n) is 2.10. The van der Waals surface area contributed by atoms with Crippen LogP contribution < -0.4 is 5.32 Å². The number of ether oxygens (including phenoxy) is 1. The maximum absolute atomic E-state index is 5.37. The fraction of sp³-hybridized carbons (Fsp3) is 0.538. The normalized spacial score (nSPS) is 19.2. The fourth-order valence-corrected chi connectivity index (χ4v) is 2.36. The Labute approximate surface area is 111 Å². The molecule has 0 radical (unpaired) electrons. The number of likely N-dealkylation sites (N-methyl/N-ethyl adjacent to an activating group) is 1. The second-order valence-corrected chi connectivity index (χ2v) is 5.22. The highest BCUT2D eigenvalue weighted by Crippen LogP contribution is 2.18. The van der Waals surface area contributed by atoms with Gasteiger partial charge in [0, 0.05) is 30.1 Å². The first kappa shape index (κ1) is 13.0. The van der Waals surface area contributed by atoms with Gasteiger partial charge in [0.1, 0.15) is 0 Å². The molecule has 1 aliphatic rings. The van der Waals surface area contributed by atoms with Gasteiger partial charge in [-0.25, -0.2) is 0 Å². The third kappa shape index (κ3) is 3.78. The van der Waals surface area contributed by atoms with Crippen LogP contribution in [0.1, 0.15) is 11.6 Å². The zero-order valence-electron chi connectivity index (χ0n) is 10.2. The first-order valence-electron chi connectivity index (χ1n) is 6.02. The van der Waals surface area contributed by atoms with Gasteiger partial charge < -0.3 is 10.1 Å². The molecule has 3 nitrogen and oxygen atoms in total. The molecule has 1 atom stereocenters. The van der Waals surface area contributed by atoms with E-state index >= 15 is 0 Å². The first-order valence-corrected chi connectivity index (χ1v) is 6.81. The van der Waals surface area contributed by atoms with Crippen LogP contribution in [0, 0.1) is 0 Å². The summed E-state index contributed by atoms with van der Waals surface area (Å²) in [7, 11) is 2.02. The van der Waals surface area contributed by atoms with E-state index in [4.69, 9.17) is 4.74 Å². The van der Waals surface area contributed by atoms with E-state index < -0.39 is 0 Å². The summed E-state index contributed by atoms with van der Waals surface area (Å²) < 4.78 is 6.50. The smallest absolute Gasteiger partial charge is 0.0594 e. The lowest BCUT2D eigenvalue weighted by Crippen LogP contribution is -2.41. The van der Waals surface area contributed by atoms with E-state index in [1.807, 2.05) is 7.05 Å². The van der Waals surface area contributed by atoms with E-state index in [1.54, 1.807) is 0 Å². The minimum atomic E-state index is 0.390. The lowest BCUT2D eigenvalue weighted by atomic mass is 10.1. The molecule has 4 heteroatoms. The number of hydrogen-bond donors (Lipinski definition) is 1. The number of morpholine rings is 1. The van der Waals surface area contributed by atoms with Crippen LogP contribution in [0.25, 0.3) is 0 Å². The number of nitrogens with zero attached hydrogens (tertiary/aromatic N) is 1. The van der Waals surface area contributed by atoms with Crippen LogP contribution in [0.4, 0.5) is 0 Å². The monoisotopic (exact) mass is 298 g/mol. The summed E-state index contributed by atoms with van der Waals surface area (Å²) in [5.74, 6) is 0. The van der Waals surface area contributed by atoms with E-state index in [0.29, 0.717) is 6.04 Å². The molecule has 1 N–H and O–H groups in total. The Morgan fingerprint density at radius 2 is 1.94 bits per heavy atom. The highest BCUT2D eigenvalue weighted by molar-refractivity contribution is 9.10. The van der Waals surface area contributed by atoms with Gasteiger partial charge in [0.05, 0.1) is 13.2 Å². The molecule has 1 aromatic rings. The van der Waals surface area contributed by atoms with Gasteiger partial charge >= 0.3 is 0 Å². The maximum Gasteiger partial charge on any atom is 0.0594 e. The number of hydrogen-bond acceptors (Lipinski definition) is 3. The van der Waals surface area contributed by atoms with E-state index in [1.165, 1.54) is 5.56 Å². The number of benzene rings is 1. The lowest BCUT2D eigenvalue weighted by Gasteiger charge is -2.30. The number of rotatable bonds is 4. The lowest BCUT2D eigenvalue weighted by molar-refractivity contribution is 0.0338. The summed E-state index contributed by atoms with van der Waals surface area (Å²) >= 11 is 3.47. The van der Waals surface area contributed by atoms with Crippen molar-refractivity contribution in [2.75, 3.05) is 39.9 Å². The average molecular weight is 299 g/mol. The summed E-state index contributed by atoms with van der Waals surface area (Å²) in [4.78, 5) is 2.45. The molecule has 0 bridgehead atoms.